The number of aromatic nitrogens is 2. The molecule has 1 N–H and O–H groups in total. The molecule has 1 aromatic heterocycles. The largest absolute Gasteiger partial charge is 0.342 e. The normalized spacial score (nSPS) is 11.8. The van der Waals surface area contributed by atoms with Gasteiger partial charge in [-0.05, 0) is 18.0 Å². The smallest absolute Gasteiger partial charge is 0.115 e. The molecule has 0 spiro atoms. The van der Waals surface area contributed by atoms with Crippen LogP contribution in [-0.4, -0.2) is 9.97 Å². The van der Waals surface area contributed by atoms with Gasteiger partial charge in [0.25, 0.3) is 0 Å². The van der Waals surface area contributed by atoms with Gasteiger partial charge in [-0.1, -0.05) is 35.4 Å². The van der Waals surface area contributed by atoms with E-state index >= 15 is 0 Å². The molecule has 0 unspecified atom stereocenters. The first-order valence-electron chi connectivity index (χ1n) is 4.96. The second kappa shape index (κ2) is 4.51. The minimum Gasteiger partial charge on any atom is -0.342 e. The van der Waals surface area contributed by atoms with E-state index in [-0.39, 0.29) is 6.04 Å². The van der Waals surface area contributed by atoms with Crippen LogP contribution in [-0.2, 0) is 0 Å². The number of aromatic amines is 1. The van der Waals surface area contributed by atoms with Crippen LogP contribution in [0, 0.1) is 0 Å². The highest BCUT2D eigenvalue weighted by atomic mass is 15.2. The summed E-state index contributed by atoms with van der Waals surface area (Å²) in [6.07, 6.45) is 1.74. The first-order valence-corrected chi connectivity index (χ1v) is 4.96. The maximum absolute atomic E-state index is 8.34. The second-order valence-electron chi connectivity index (χ2n) is 3.43. The Balaban J connectivity index is 2.30. The van der Waals surface area contributed by atoms with Gasteiger partial charge in [0.05, 0.1) is 17.9 Å². The van der Waals surface area contributed by atoms with E-state index in [1.165, 1.54) is 0 Å². The molecule has 0 saturated heterocycles. The average molecular weight is 213 g/mol. The van der Waals surface area contributed by atoms with Crippen molar-refractivity contribution in [3.63, 3.8) is 0 Å². The Bertz CT molecular complexity index is 510. The van der Waals surface area contributed by atoms with Crippen LogP contribution in [0.3, 0.4) is 0 Å². The zero-order valence-electron chi connectivity index (χ0n) is 8.83. The van der Waals surface area contributed by atoms with E-state index in [9.17, 15) is 0 Å². The summed E-state index contributed by atoms with van der Waals surface area (Å²) in [5.41, 5.74) is 10.3. The molecule has 80 valence electrons. The summed E-state index contributed by atoms with van der Waals surface area (Å²) >= 11 is 0. The van der Waals surface area contributed by atoms with Crippen molar-refractivity contribution < 1.29 is 0 Å². The van der Waals surface area contributed by atoms with Crippen LogP contribution in [0.4, 0.5) is 0 Å². The molecule has 0 amide bonds. The van der Waals surface area contributed by atoms with Crippen molar-refractivity contribution in [2.24, 2.45) is 5.11 Å². The van der Waals surface area contributed by atoms with Crippen molar-refractivity contribution in [3.8, 4) is 11.3 Å². The fraction of sp³-hybridized carbons (Fsp3) is 0.182. The molecule has 0 aliphatic carbocycles. The molecule has 1 aromatic carbocycles. The fourth-order valence-corrected chi connectivity index (χ4v) is 1.45. The number of nitrogens with zero attached hydrogens (tertiary/aromatic N) is 4. The van der Waals surface area contributed by atoms with Gasteiger partial charge in [0.15, 0.2) is 0 Å². The Morgan fingerprint density at radius 3 is 2.81 bits per heavy atom. The monoisotopic (exact) mass is 213 g/mol. The van der Waals surface area contributed by atoms with Crippen molar-refractivity contribution in [1.82, 2.24) is 9.97 Å². The van der Waals surface area contributed by atoms with E-state index in [1.807, 2.05) is 30.3 Å². The summed E-state index contributed by atoms with van der Waals surface area (Å²) in [4.78, 5) is 10.1. The highest BCUT2D eigenvalue weighted by Gasteiger charge is 2.08. The van der Waals surface area contributed by atoms with Crippen molar-refractivity contribution in [1.29, 1.82) is 0 Å². The zero-order valence-corrected chi connectivity index (χ0v) is 8.83. The highest BCUT2D eigenvalue weighted by molar-refractivity contribution is 5.58. The minimum atomic E-state index is -0.275. The molecule has 0 fully saturated rings. The predicted molar refractivity (Wildman–Crippen MR) is 61.6 cm³/mol. The van der Waals surface area contributed by atoms with Gasteiger partial charge < -0.3 is 4.98 Å². The van der Waals surface area contributed by atoms with Crippen molar-refractivity contribution in [2.45, 2.75) is 13.0 Å². The molecule has 0 aliphatic heterocycles. The Morgan fingerprint density at radius 2 is 2.12 bits per heavy atom. The Kier molecular flexibility index (Phi) is 2.89. The second-order valence-corrected chi connectivity index (χ2v) is 3.43. The fourth-order valence-electron chi connectivity index (χ4n) is 1.45. The lowest BCUT2D eigenvalue weighted by atomic mass is 10.2. The van der Waals surface area contributed by atoms with E-state index in [4.69, 9.17) is 5.53 Å². The van der Waals surface area contributed by atoms with Gasteiger partial charge in [-0.3, -0.25) is 0 Å². The Morgan fingerprint density at radius 1 is 1.38 bits per heavy atom. The van der Waals surface area contributed by atoms with Crippen LogP contribution in [0.2, 0.25) is 0 Å². The maximum atomic E-state index is 8.34. The predicted octanol–water partition coefficient (Wildman–Crippen LogP) is 3.45. The molecule has 16 heavy (non-hydrogen) atoms. The quantitative estimate of drug-likeness (QED) is 0.473. The van der Waals surface area contributed by atoms with Crippen LogP contribution in [0.5, 0.6) is 0 Å². The molecule has 2 aromatic rings. The number of hydrogen-bond acceptors (Lipinski definition) is 2. The first-order chi connectivity index (χ1) is 7.81. The number of hydrogen-bond donors (Lipinski definition) is 1. The standard InChI is InChI=1S/C11H11N5/c1-8(15-16-12)11-13-7-10(14-11)9-5-3-2-4-6-9/h2-8H,1H3,(H,13,14)/t8-/m0/s1. The van der Waals surface area contributed by atoms with Crippen LogP contribution in [0.1, 0.15) is 18.8 Å². The third-order valence-electron chi connectivity index (χ3n) is 2.30. The number of imidazole rings is 1. The van der Waals surface area contributed by atoms with Gasteiger partial charge >= 0.3 is 0 Å². The highest BCUT2D eigenvalue weighted by Crippen LogP contribution is 2.20. The first kappa shape index (κ1) is 10.3. The van der Waals surface area contributed by atoms with Gasteiger partial charge in [0.1, 0.15) is 5.82 Å². The number of rotatable bonds is 3. The zero-order chi connectivity index (χ0) is 11.4. The molecule has 0 radical (unpaired) electrons. The van der Waals surface area contributed by atoms with E-state index in [0.29, 0.717) is 5.82 Å². The van der Waals surface area contributed by atoms with E-state index in [0.717, 1.165) is 11.3 Å². The molecular formula is C11H11N5. The molecule has 0 aliphatic rings. The molecule has 1 atom stereocenters. The molecular weight excluding hydrogens is 202 g/mol. The molecule has 5 nitrogen and oxygen atoms in total. The van der Waals surface area contributed by atoms with Gasteiger partial charge in [-0.15, -0.1) is 0 Å². The lowest BCUT2D eigenvalue weighted by Gasteiger charge is -1.99. The number of benzene rings is 1. The number of nitrogens with one attached hydrogen (secondary N) is 1. The van der Waals surface area contributed by atoms with E-state index in [1.54, 1.807) is 13.1 Å². The lowest BCUT2D eigenvalue weighted by molar-refractivity contribution is 0.749. The molecule has 1 heterocycles. The summed E-state index contributed by atoms with van der Waals surface area (Å²) in [5.74, 6) is 0.677. The summed E-state index contributed by atoms with van der Waals surface area (Å²) in [7, 11) is 0. The van der Waals surface area contributed by atoms with E-state index < -0.39 is 0 Å². The van der Waals surface area contributed by atoms with Gasteiger partial charge in [-0.25, -0.2) is 4.98 Å². The average Bonchev–Trinajstić information content (AvgIpc) is 2.80. The molecule has 2 rings (SSSR count). The van der Waals surface area contributed by atoms with Crippen LogP contribution < -0.4 is 0 Å². The third-order valence-corrected chi connectivity index (χ3v) is 2.30. The van der Waals surface area contributed by atoms with Gasteiger partial charge in [-0.2, -0.15) is 0 Å². The number of H-pyrrole nitrogens is 1. The summed E-state index contributed by atoms with van der Waals surface area (Å²) in [6, 6.07) is 9.61. The summed E-state index contributed by atoms with van der Waals surface area (Å²) < 4.78 is 0. The van der Waals surface area contributed by atoms with Gasteiger partial charge in [0.2, 0.25) is 0 Å². The molecule has 0 bridgehead atoms. The van der Waals surface area contributed by atoms with Crippen LogP contribution >= 0.6 is 0 Å². The lowest BCUT2D eigenvalue weighted by Crippen LogP contribution is -1.90. The number of azide groups is 1. The van der Waals surface area contributed by atoms with E-state index in [2.05, 4.69) is 20.0 Å². The Labute approximate surface area is 92.8 Å². The summed E-state index contributed by atoms with van der Waals surface area (Å²) in [6.45, 7) is 1.80. The van der Waals surface area contributed by atoms with Crippen molar-refractivity contribution >= 4 is 0 Å². The third kappa shape index (κ3) is 2.04. The maximum Gasteiger partial charge on any atom is 0.115 e. The SMILES string of the molecule is C[C@H](N=[N+]=[N-])c1ncc(-c2ccccc2)[nH]1. The van der Waals surface area contributed by atoms with Crippen molar-refractivity contribution in [2.75, 3.05) is 0 Å². The van der Waals surface area contributed by atoms with Crippen LogP contribution in [0.15, 0.2) is 41.6 Å². The summed E-state index contributed by atoms with van der Waals surface area (Å²) in [5, 5.41) is 3.59. The topological polar surface area (TPSA) is 77.4 Å². The van der Waals surface area contributed by atoms with Crippen molar-refractivity contribution in [3.05, 3.63) is 52.8 Å². The molecule has 0 saturated carbocycles. The Hall–Kier alpha value is -2.26. The van der Waals surface area contributed by atoms with Crippen LogP contribution in [0.25, 0.3) is 21.7 Å². The molecule has 5 heteroatoms. The minimum absolute atomic E-state index is 0.275. The van der Waals surface area contributed by atoms with Gasteiger partial charge in [0, 0.05) is 4.91 Å².